The van der Waals surface area contributed by atoms with Crippen LogP contribution in [0.5, 0.6) is 0 Å². The summed E-state index contributed by atoms with van der Waals surface area (Å²) in [5, 5.41) is 17.0. The van der Waals surface area contributed by atoms with E-state index < -0.39 is 16.8 Å². The molecule has 0 bridgehead atoms. The zero-order valence-corrected chi connectivity index (χ0v) is 23.9. The van der Waals surface area contributed by atoms with Gasteiger partial charge in [-0.3, -0.25) is 34.4 Å². The SMILES string of the molecule is COC(=O)CCNC(=O)c1ccc(C(=Nc2ccc(CN3CCCCC3)cc2)C2C(=O)Nc3ccc([N+](=O)[O-])cc32)cc1. The van der Waals surface area contributed by atoms with Crippen LogP contribution in [0.2, 0.25) is 0 Å². The van der Waals surface area contributed by atoms with Crippen molar-refractivity contribution < 1.29 is 24.0 Å². The minimum atomic E-state index is -0.900. The molecule has 11 nitrogen and oxygen atoms in total. The van der Waals surface area contributed by atoms with Crippen LogP contribution in [0, 0.1) is 10.1 Å². The number of nitro benzene ring substituents is 1. The topological polar surface area (TPSA) is 143 Å². The van der Waals surface area contributed by atoms with E-state index in [9.17, 15) is 24.5 Å². The maximum absolute atomic E-state index is 13.3. The molecule has 3 aromatic rings. The molecule has 43 heavy (non-hydrogen) atoms. The van der Waals surface area contributed by atoms with Gasteiger partial charge in [-0.15, -0.1) is 0 Å². The number of fused-ring (bicyclic) bond motifs is 1. The molecule has 1 atom stereocenters. The number of rotatable bonds is 10. The van der Waals surface area contributed by atoms with Crippen LogP contribution in [0.4, 0.5) is 17.1 Å². The number of benzene rings is 3. The van der Waals surface area contributed by atoms with Gasteiger partial charge in [0, 0.05) is 42.0 Å². The summed E-state index contributed by atoms with van der Waals surface area (Å²) in [4.78, 5) is 55.6. The monoisotopic (exact) mass is 583 g/mol. The van der Waals surface area contributed by atoms with Gasteiger partial charge in [0.25, 0.3) is 11.6 Å². The summed E-state index contributed by atoms with van der Waals surface area (Å²) in [6.07, 6.45) is 3.75. The molecule has 2 aliphatic heterocycles. The van der Waals surface area contributed by atoms with E-state index in [2.05, 4.69) is 20.3 Å². The molecule has 0 radical (unpaired) electrons. The van der Waals surface area contributed by atoms with E-state index >= 15 is 0 Å². The molecule has 2 amide bonds. The number of amides is 2. The predicted molar refractivity (Wildman–Crippen MR) is 162 cm³/mol. The van der Waals surface area contributed by atoms with Crippen molar-refractivity contribution in [2.24, 2.45) is 4.99 Å². The Labute approximate surface area is 249 Å². The second-order valence-electron chi connectivity index (χ2n) is 10.6. The highest BCUT2D eigenvalue weighted by Crippen LogP contribution is 2.38. The molecule has 2 heterocycles. The fraction of sp³-hybridized carbons (Fsp3) is 0.312. The maximum Gasteiger partial charge on any atom is 0.307 e. The number of carbonyl (C=O) groups is 3. The molecule has 2 N–H and O–H groups in total. The molecule has 0 spiro atoms. The summed E-state index contributed by atoms with van der Waals surface area (Å²) < 4.78 is 4.60. The zero-order valence-electron chi connectivity index (χ0n) is 23.9. The predicted octanol–water partition coefficient (Wildman–Crippen LogP) is 4.73. The summed E-state index contributed by atoms with van der Waals surface area (Å²) in [6, 6.07) is 18.8. The lowest BCUT2D eigenvalue weighted by Gasteiger charge is -2.26. The van der Waals surface area contributed by atoms with E-state index in [0.29, 0.717) is 33.8 Å². The maximum atomic E-state index is 13.3. The third-order valence-corrected chi connectivity index (χ3v) is 7.68. The molecule has 1 unspecified atom stereocenters. The molecule has 5 rings (SSSR count). The molecule has 222 valence electrons. The average molecular weight is 584 g/mol. The number of hydrogen-bond donors (Lipinski definition) is 2. The number of non-ortho nitro benzene ring substituents is 1. The molecule has 3 aromatic carbocycles. The molecule has 2 aliphatic rings. The normalized spacial score (nSPS) is 16.7. The summed E-state index contributed by atoms with van der Waals surface area (Å²) in [7, 11) is 1.28. The summed E-state index contributed by atoms with van der Waals surface area (Å²) >= 11 is 0. The molecular formula is C32H33N5O6. The van der Waals surface area contributed by atoms with E-state index in [4.69, 9.17) is 4.99 Å². The Kier molecular flexibility index (Phi) is 9.21. The number of piperidine rings is 1. The Morgan fingerprint density at radius 3 is 2.40 bits per heavy atom. The number of aliphatic imine (C=N–C) groups is 1. The van der Waals surface area contributed by atoms with Crippen molar-refractivity contribution in [3.05, 3.63) is 99.1 Å². The van der Waals surface area contributed by atoms with Crippen LogP contribution < -0.4 is 10.6 Å². The first-order valence-electron chi connectivity index (χ1n) is 14.3. The van der Waals surface area contributed by atoms with Crippen LogP contribution in [-0.4, -0.2) is 60.1 Å². The highest BCUT2D eigenvalue weighted by atomic mass is 16.6. The summed E-state index contributed by atoms with van der Waals surface area (Å²) in [5.41, 5.74) is 3.98. The molecule has 0 aliphatic carbocycles. The molecule has 1 fully saturated rings. The van der Waals surface area contributed by atoms with Gasteiger partial charge < -0.3 is 15.4 Å². The lowest BCUT2D eigenvalue weighted by molar-refractivity contribution is -0.384. The van der Waals surface area contributed by atoms with Crippen molar-refractivity contribution in [1.29, 1.82) is 0 Å². The van der Waals surface area contributed by atoms with Gasteiger partial charge in [0.05, 0.1) is 29.9 Å². The fourth-order valence-electron chi connectivity index (χ4n) is 5.39. The molecule has 1 saturated heterocycles. The zero-order chi connectivity index (χ0) is 30.3. The number of anilines is 1. The second-order valence-corrected chi connectivity index (χ2v) is 10.6. The molecule has 11 heteroatoms. The Morgan fingerprint density at radius 1 is 1.02 bits per heavy atom. The van der Waals surface area contributed by atoms with Crippen molar-refractivity contribution >= 4 is 40.6 Å². The number of methoxy groups -OCH3 is 1. The van der Waals surface area contributed by atoms with Gasteiger partial charge in [-0.2, -0.15) is 0 Å². The van der Waals surface area contributed by atoms with Gasteiger partial charge in [0.1, 0.15) is 5.92 Å². The van der Waals surface area contributed by atoms with Gasteiger partial charge in [-0.25, -0.2) is 0 Å². The smallest absolute Gasteiger partial charge is 0.307 e. The lowest BCUT2D eigenvalue weighted by Crippen LogP contribution is -2.28. The van der Waals surface area contributed by atoms with Crippen molar-refractivity contribution in [2.75, 3.05) is 32.1 Å². The van der Waals surface area contributed by atoms with Crippen LogP contribution in [-0.2, 0) is 20.9 Å². The van der Waals surface area contributed by atoms with Crippen LogP contribution in [0.3, 0.4) is 0 Å². The molecule has 0 saturated carbocycles. The Bertz CT molecular complexity index is 1550. The number of nitro groups is 1. The Balaban J connectivity index is 1.45. The number of carbonyl (C=O) groups excluding carboxylic acids is 3. The number of ether oxygens (including phenoxy) is 1. The summed E-state index contributed by atoms with van der Waals surface area (Å²) in [6.45, 7) is 3.17. The summed E-state index contributed by atoms with van der Waals surface area (Å²) in [5.74, 6) is -2.03. The van der Waals surface area contributed by atoms with Crippen molar-refractivity contribution in [2.45, 2.75) is 38.1 Å². The van der Waals surface area contributed by atoms with Crippen LogP contribution in [0.25, 0.3) is 0 Å². The highest BCUT2D eigenvalue weighted by Gasteiger charge is 2.36. The van der Waals surface area contributed by atoms with Crippen molar-refractivity contribution in [1.82, 2.24) is 10.2 Å². The first-order valence-corrected chi connectivity index (χ1v) is 14.3. The van der Waals surface area contributed by atoms with Crippen molar-refractivity contribution in [3.63, 3.8) is 0 Å². The van der Waals surface area contributed by atoms with E-state index in [1.165, 1.54) is 50.1 Å². The van der Waals surface area contributed by atoms with Gasteiger partial charge >= 0.3 is 5.97 Å². The van der Waals surface area contributed by atoms with E-state index in [1.54, 1.807) is 24.3 Å². The largest absolute Gasteiger partial charge is 0.469 e. The number of likely N-dealkylation sites (tertiary alicyclic amines) is 1. The van der Waals surface area contributed by atoms with Gasteiger partial charge in [-0.1, -0.05) is 30.7 Å². The first-order chi connectivity index (χ1) is 20.8. The Hall–Kier alpha value is -4.90. The first kappa shape index (κ1) is 29.6. The van der Waals surface area contributed by atoms with E-state index in [-0.39, 0.29) is 30.5 Å². The minimum absolute atomic E-state index is 0.0519. The highest BCUT2D eigenvalue weighted by molar-refractivity contribution is 6.24. The minimum Gasteiger partial charge on any atom is -0.469 e. The average Bonchev–Trinajstić information content (AvgIpc) is 3.35. The molecular weight excluding hydrogens is 550 g/mol. The van der Waals surface area contributed by atoms with Gasteiger partial charge in [-0.05, 0) is 67.4 Å². The third kappa shape index (κ3) is 7.12. The van der Waals surface area contributed by atoms with Crippen LogP contribution in [0.15, 0.2) is 71.7 Å². The fourth-order valence-corrected chi connectivity index (χ4v) is 5.39. The van der Waals surface area contributed by atoms with E-state index in [0.717, 1.165) is 19.6 Å². The third-order valence-electron chi connectivity index (χ3n) is 7.68. The van der Waals surface area contributed by atoms with Gasteiger partial charge in [0.2, 0.25) is 5.91 Å². The van der Waals surface area contributed by atoms with Crippen molar-refractivity contribution in [3.8, 4) is 0 Å². The Morgan fingerprint density at radius 2 is 1.72 bits per heavy atom. The lowest BCUT2D eigenvalue weighted by atomic mass is 9.90. The van der Waals surface area contributed by atoms with Crippen LogP contribution >= 0.6 is 0 Å². The number of nitrogens with zero attached hydrogens (tertiary/aromatic N) is 3. The number of hydrogen-bond acceptors (Lipinski definition) is 8. The second kappa shape index (κ2) is 13.4. The number of nitrogens with one attached hydrogen (secondary N) is 2. The van der Waals surface area contributed by atoms with E-state index in [1.807, 2.05) is 24.3 Å². The number of esters is 1. The standard InChI is InChI=1S/C32H33N5O6/c1-43-28(38)15-16-33-31(39)23-9-7-22(8-10-23)30(29-26-19-25(37(41)42)13-14-27(26)35-32(29)40)34-24-11-5-21(6-12-24)20-36-17-3-2-4-18-36/h5-14,19,29H,2-4,15-18,20H2,1H3,(H,33,39)(H,35,40). The quantitative estimate of drug-likeness (QED) is 0.152. The molecule has 0 aromatic heterocycles. The van der Waals surface area contributed by atoms with Crippen LogP contribution in [0.1, 0.15) is 58.6 Å². The van der Waals surface area contributed by atoms with Gasteiger partial charge in [0.15, 0.2) is 0 Å².